The van der Waals surface area contributed by atoms with Gasteiger partial charge in [0.2, 0.25) is 0 Å². The molecule has 0 saturated heterocycles. The van der Waals surface area contributed by atoms with Crippen molar-refractivity contribution in [2.75, 3.05) is 4.90 Å². The van der Waals surface area contributed by atoms with E-state index in [0.717, 1.165) is 17.0 Å². The van der Waals surface area contributed by atoms with E-state index in [4.69, 9.17) is 10.8 Å². The van der Waals surface area contributed by atoms with E-state index in [2.05, 4.69) is 49.8 Å². The van der Waals surface area contributed by atoms with Gasteiger partial charge in [-0.3, -0.25) is 4.79 Å². The van der Waals surface area contributed by atoms with Gasteiger partial charge in [-0.15, -0.1) is 19.1 Å². The fourth-order valence-corrected chi connectivity index (χ4v) is 3.74. The Bertz CT molecular complexity index is 1160. The Labute approximate surface area is 175 Å². The van der Waals surface area contributed by atoms with E-state index in [9.17, 15) is 4.79 Å². The topological polar surface area (TPSA) is 45.5 Å². The van der Waals surface area contributed by atoms with E-state index in [1.165, 1.54) is 11.1 Å². The first-order valence-electron chi connectivity index (χ1n) is 9.22. The smallest absolute Gasteiger partial charge is 0.264 e. The number of hydrogen-bond acceptors (Lipinski definition) is 4. The van der Waals surface area contributed by atoms with Crippen LogP contribution in [0.1, 0.15) is 23.1 Å². The van der Waals surface area contributed by atoms with Crippen molar-refractivity contribution in [3.8, 4) is 23.7 Å². The lowest BCUT2D eigenvalue weighted by Gasteiger charge is -2.36. The van der Waals surface area contributed by atoms with Crippen molar-refractivity contribution in [2.24, 2.45) is 0 Å². The number of nitrogens with one attached hydrogen (secondary N) is 1. The molecule has 0 fully saturated rings. The summed E-state index contributed by atoms with van der Waals surface area (Å²) >= 11 is 4.57. The van der Waals surface area contributed by atoms with Gasteiger partial charge < -0.3 is 14.6 Å². The number of nitrogens with zero attached hydrogens (tertiary/aromatic N) is 1. The summed E-state index contributed by atoms with van der Waals surface area (Å²) in [5.74, 6) is 3.42. The van der Waals surface area contributed by atoms with E-state index in [0.29, 0.717) is 10.8 Å². The molecule has 1 amide bonds. The van der Waals surface area contributed by atoms with Gasteiger partial charge in [-0.25, -0.2) is 0 Å². The molecule has 1 unspecified atom stereocenters. The second kappa shape index (κ2) is 7.57. The predicted octanol–water partition coefficient (Wildman–Crippen LogP) is 4.97. The van der Waals surface area contributed by atoms with E-state index in [1.807, 2.05) is 53.4 Å². The molecule has 4 rings (SSSR count). The monoisotopic (exact) mass is 400 g/mol. The number of hydrogen-bond donors (Lipinski definition) is 2. The van der Waals surface area contributed by atoms with Gasteiger partial charge in [0, 0.05) is 11.3 Å². The van der Waals surface area contributed by atoms with E-state index in [1.54, 1.807) is 0 Å². The van der Waals surface area contributed by atoms with Crippen LogP contribution in [-0.2, 0) is 4.79 Å². The fourth-order valence-electron chi connectivity index (χ4n) is 3.34. The van der Waals surface area contributed by atoms with Gasteiger partial charge in [-0.2, -0.15) is 0 Å². The Hall–Kier alpha value is -3.36. The summed E-state index contributed by atoms with van der Waals surface area (Å²) in [5.41, 5.74) is 4.44. The second-order valence-corrected chi connectivity index (χ2v) is 7.35. The molecule has 5 heteroatoms. The van der Waals surface area contributed by atoms with Gasteiger partial charge in [0.15, 0.2) is 6.17 Å². The van der Waals surface area contributed by atoms with Gasteiger partial charge in [-0.1, -0.05) is 36.3 Å². The van der Waals surface area contributed by atoms with Crippen molar-refractivity contribution in [1.29, 1.82) is 0 Å². The summed E-state index contributed by atoms with van der Waals surface area (Å²) in [4.78, 5) is 14.4. The van der Waals surface area contributed by atoms with Crippen LogP contribution in [0, 0.1) is 26.2 Å². The largest absolute Gasteiger partial charge is 0.457 e. The molecule has 1 aliphatic heterocycles. The summed E-state index contributed by atoms with van der Waals surface area (Å²) in [6.07, 6.45) is 4.99. The number of carbonyl (C=O) groups is 1. The molecule has 144 valence electrons. The molecule has 1 N–H and O–H groups in total. The number of amides is 1. The maximum Gasteiger partial charge on any atom is 0.264 e. The second-order valence-electron chi connectivity index (χ2n) is 6.93. The summed E-state index contributed by atoms with van der Waals surface area (Å²) < 4.78 is 6.16. The molecule has 29 heavy (non-hydrogen) atoms. The van der Waals surface area contributed by atoms with Crippen molar-refractivity contribution in [3.05, 3.63) is 88.2 Å². The quantitative estimate of drug-likeness (QED) is 0.482. The van der Waals surface area contributed by atoms with Crippen LogP contribution >= 0.6 is 12.6 Å². The van der Waals surface area contributed by atoms with Crippen molar-refractivity contribution in [3.63, 3.8) is 0 Å². The number of benzene rings is 2. The highest BCUT2D eigenvalue weighted by Crippen LogP contribution is 2.37. The Morgan fingerprint density at radius 2 is 1.83 bits per heavy atom. The highest BCUT2D eigenvalue weighted by Gasteiger charge is 2.35. The first-order valence-corrected chi connectivity index (χ1v) is 9.66. The minimum Gasteiger partial charge on any atom is -0.457 e. The first-order chi connectivity index (χ1) is 14.0. The molecule has 0 saturated carbocycles. The molecular formula is C24H20N2O2S. The normalized spacial score (nSPS) is 16.6. The third-order valence-corrected chi connectivity index (χ3v) is 5.51. The molecule has 1 atom stereocenters. The number of rotatable bonds is 3. The van der Waals surface area contributed by atoms with Crippen molar-refractivity contribution in [2.45, 2.75) is 20.0 Å². The zero-order valence-corrected chi connectivity index (χ0v) is 17.0. The SMILES string of the molecule is C#CC1=C(S)N(c2ccccc2)C(c2ccc(-c3ccc(C)c(C)c3)o2)NC1=O. The van der Waals surface area contributed by atoms with Crippen LogP contribution < -0.4 is 10.2 Å². The van der Waals surface area contributed by atoms with Crippen LogP contribution in [0.25, 0.3) is 11.3 Å². The Morgan fingerprint density at radius 1 is 1.07 bits per heavy atom. The van der Waals surface area contributed by atoms with E-state index in [-0.39, 0.29) is 11.5 Å². The van der Waals surface area contributed by atoms with Crippen molar-refractivity contribution < 1.29 is 9.21 Å². The van der Waals surface area contributed by atoms with Crippen LogP contribution in [0.2, 0.25) is 0 Å². The minimum atomic E-state index is -0.560. The van der Waals surface area contributed by atoms with Crippen molar-refractivity contribution >= 4 is 24.2 Å². The van der Waals surface area contributed by atoms with Gasteiger partial charge in [0.25, 0.3) is 5.91 Å². The molecule has 0 radical (unpaired) electrons. The predicted molar refractivity (Wildman–Crippen MR) is 118 cm³/mol. The Balaban J connectivity index is 1.78. The van der Waals surface area contributed by atoms with E-state index < -0.39 is 6.17 Å². The summed E-state index contributed by atoms with van der Waals surface area (Å²) in [7, 11) is 0. The highest BCUT2D eigenvalue weighted by molar-refractivity contribution is 7.84. The molecule has 0 spiro atoms. The number of para-hydroxylation sites is 1. The molecular weight excluding hydrogens is 380 g/mol. The van der Waals surface area contributed by atoms with Gasteiger partial charge in [0.1, 0.15) is 17.1 Å². The van der Waals surface area contributed by atoms with Crippen LogP contribution in [0.4, 0.5) is 5.69 Å². The minimum absolute atomic E-state index is 0.189. The average molecular weight is 401 g/mol. The Morgan fingerprint density at radius 3 is 2.52 bits per heavy atom. The lowest BCUT2D eigenvalue weighted by Crippen LogP contribution is -2.45. The molecule has 3 aromatic rings. The summed E-state index contributed by atoms with van der Waals surface area (Å²) in [5, 5.41) is 3.36. The molecule has 2 aromatic carbocycles. The molecule has 0 bridgehead atoms. The third-order valence-electron chi connectivity index (χ3n) is 5.07. The molecule has 0 aliphatic carbocycles. The number of aryl methyl sites for hydroxylation is 2. The summed E-state index contributed by atoms with van der Waals surface area (Å²) in [6.45, 7) is 4.14. The fraction of sp³-hybridized carbons (Fsp3) is 0.125. The third kappa shape index (κ3) is 3.43. The van der Waals surface area contributed by atoms with Crippen molar-refractivity contribution in [1.82, 2.24) is 5.32 Å². The van der Waals surface area contributed by atoms with Crippen LogP contribution in [0.5, 0.6) is 0 Å². The standard InChI is InChI=1S/C24H20N2O2S/c1-4-19-23(27)25-22(26(24(19)29)18-8-6-5-7-9-18)21-13-12-20(28-21)17-11-10-15(2)16(3)14-17/h1,5-14,22,29H,2-3H3,(H,25,27). The zero-order valence-electron chi connectivity index (χ0n) is 16.1. The number of anilines is 1. The van der Waals surface area contributed by atoms with Crippen LogP contribution in [-0.4, -0.2) is 5.91 Å². The van der Waals surface area contributed by atoms with Crippen LogP contribution in [0.15, 0.2) is 75.7 Å². The van der Waals surface area contributed by atoms with Gasteiger partial charge in [0.05, 0.1) is 5.03 Å². The van der Waals surface area contributed by atoms with Gasteiger partial charge in [-0.05, 0) is 55.3 Å². The lowest BCUT2D eigenvalue weighted by atomic mass is 10.1. The summed E-state index contributed by atoms with van der Waals surface area (Å²) in [6, 6.07) is 19.6. The molecule has 4 nitrogen and oxygen atoms in total. The molecule has 2 heterocycles. The number of furan rings is 1. The van der Waals surface area contributed by atoms with Crippen LogP contribution in [0.3, 0.4) is 0 Å². The first kappa shape index (κ1) is 19.0. The lowest BCUT2D eigenvalue weighted by molar-refractivity contribution is -0.118. The van der Waals surface area contributed by atoms with Gasteiger partial charge >= 0.3 is 0 Å². The number of thiol groups is 1. The van der Waals surface area contributed by atoms with E-state index >= 15 is 0 Å². The maximum absolute atomic E-state index is 12.5. The Kier molecular flexibility index (Phi) is 4.96. The zero-order chi connectivity index (χ0) is 20.5. The molecule has 1 aliphatic rings. The average Bonchev–Trinajstić information content (AvgIpc) is 3.21. The maximum atomic E-state index is 12.5. The number of terminal acetylenes is 1. The number of carbonyl (C=O) groups excluding carboxylic acids is 1. The highest BCUT2D eigenvalue weighted by atomic mass is 32.1. The molecule has 1 aromatic heterocycles.